The van der Waals surface area contributed by atoms with Crippen molar-refractivity contribution < 1.29 is 0 Å². The Morgan fingerprint density at radius 1 is 1.41 bits per heavy atom. The van der Waals surface area contributed by atoms with E-state index in [-0.39, 0.29) is 0 Å². The summed E-state index contributed by atoms with van der Waals surface area (Å²) in [4.78, 5) is 4.32. The van der Waals surface area contributed by atoms with E-state index in [1.165, 1.54) is 32.1 Å². The van der Waals surface area contributed by atoms with Crippen LogP contribution in [-0.4, -0.2) is 15.6 Å². The summed E-state index contributed by atoms with van der Waals surface area (Å²) in [5.41, 5.74) is 0. The number of nitrogens with one attached hydrogen (secondary N) is 1. The monoisotopic (exact) mass is 255 g/mol. The van der Waals surface area contributed by atoms with Gasteiger partial charge in [0.2, 0.25) is 0 Å². The van der Waals surface area contributed by atoms with Gasteiger partial charge in [0, 0.05) is 13.1 Å². The molecule has 1 saturated carbocycles. The molecule has 1 fully saturated rings. The van der Waals surface area contributed by atoms with Gasteiger partial charge in [-0.05, 0) is 18.8 Å². The summed E-state index contributed by atoms with van der Waals surface area (Å²) < 4.78 is 1.94. The zero-order valence-corrected chi connectivity index (χ0v) is 11.5. The van der Waals surface area contributed by atoms with Gasteiger partial charge in [0.05, 0.1) is 12.7 Å². The van der Waals surface area contributed by atoms with Crippen LogP contribution in [0.3, 0.4) is 0 Å². The SMILES string of the molecule is CC1CCCCCC1NCc1ncc(Cl)n1C. The van der Waals surface area contributed by atoms with E-state index in [0.29, 0.717) is 11.2 Å². The van der Waals surface area contributed by atoms with Crippen molar-refractivity contribution in [2.24, 2.45) is 13.0 Å². The number of aromatic nitrogens is 2. The third-order valence-electron chi connectivity index (χ3n) is 3.91. The number of imidazole rings is 1. The molecule has 0 bridgehead atoms. The Kier molecular flexibility index (Phi) is 4.46. The van der Waals surface area contributed by atoms with Crippen molar-refractivity contribution in [1.29, 1.82) is 0 Å². The summed E-state index contributed by atoms with van der Waals surface area (Å²) in [7, 11) is 1.96. The Labute approximate surface area is 109 Å². The molecule has 0 radical (unpaired) electrons. The number of nitrogens with zero attached hydrogens (tertiary/aromatic N) is 2. The quantitative estimate of drug-likeness (QED) is 0.841. The van der Waals surface area contributed by atoms with E-state index in [2.05, 4.69) is 17.2 Å². The Bertz CT molecular complexity index is 362. The van der Waals surface area contributed by atoms with E-state index in [1.807, 2.05) is 11.6 Å². The lowest BCUT2D eigenvalue weighted by molar-refractivity contribution is 0.351. The van der Waals surface area contributed by atoms with Crippen LogP contribution in [0.1, 0.15) is 44.9 Å². The van der Waals surface area contributed by atoms with Crippen molar-refractivity contribution in [1.82, 2.24) is 14.9 Å². The van der Waals surface area contributed by atoms with Crippen molar-refractivity contribution >= 4 is 11.6 Å². The van der Waals surface area contributed by atoms with Gasteiger partial charge < -0.3 is 9.88 Å². The molecule has 2 rings (SSSR count). The molecule has 1 N–H and O–H groups in total. The number of hydrogen-bond acceptors (Lipinski definition) is 2. The number of hydrogen-bond donors (Lipinski definition) is 1. The van der Waals surface area contributed by atoms with E-state index < -0.39 is 0 Å². The number of rotatable bonds is 3. The van der Waals surface area contributed by atoms with Crippen LogP contribution < -0.4 is 5.32 Å². The molecule has 1 aliphatic carbocycles. The maximum absolute atomic E-state index is 5.98. The van der Waals surface area contributed by atoms with Crippen LogP contribution >= 0.6 is 11.6 Å². The van der Waals surface area contributed by atoms with Crippen LogP contribution in [0.25, 0.3) is 0 Å². The minimum atomic E-state index is 0.632. The highest BCUT2D eigenvalue weighted by Crippen LogP contribution is 2.23. The second-order valence-corrected chi connectivity index (χ2v) is 5.55. The third-order valence-corrected chi connectivity index (χ3v) is 4.26. The van der Waals surface area contributed by atoms with E-state index in [4.69, 9.17) is 11.6 Å². The molecule has 96 valence electrons. The predicted molar refractivity (Wildman–Crippen MR) is 71.1 cm³/mol. The van der Waals surface area contributed by atoms with Crippen molar-refractivity contribution in [3.05, 3.63) is 17.2 Å². The van der Waals surface area contributed by atoms with Gasteiger partial charge in [-0.15, -0.1) is 0 Å². The Hall–Kier alpha value is -0.540. The normalized spacial score (nSPS) is 25.8. The molecule has 1 aliphatic rings. The van der Waals surface area contributed by atoms with Gasteiger partial charge in [-0.25, -0.2) is 4.98 Å². The lowest BCUT2D eigenvalue weighted by atomic mass is 9.97. The molecule has 1 aromatic rings. The first-order valence-electron chi connectivity index (χ1n) is 6.58. The predicted octanol–water partition coefficient (Wildman–Crippen LogP) is 3.13. The molecule has 1 heterocycles. The summed E-state index contributed by atoms with van der Waals surface area (Å²) in [6.45, 7) is 3.17. The van der Waals surface area contributed by atoms with E-state index in [1.54, 1.807) is 6.20 Å². The standard InChI is InChI=1S/C13H22ClN3/c1-10-6-4-3-5-7-11(10)15-9-13-16-8-12(14)17(13)2/h8,10-11,15H,3-7,9H2,1-2H3. The third kappa shape index (κ3) is 3.23. The minimum Gasteiger partial charge on any atom is -0.321 e. The summed E-state index contributed by atoms with van der Waals surface area (Å²) >= 11 is 5.98. The highest BCUT2D eigenvalue weighted by atomic mass is 35.5. The van der Waals surface area contributed by atoms with Crippen LogP contribution in [-0.2, 0) is 13.6 Å². The fraction of sp³-hybridized carbons (Fsp3) is 0.769. The molecule has 0 aromatic carbocycles. The molecule has 17 heavy (non-hydrogen) atoms. The van der Waals surface area contributed by atoms with Crippen molar-refractivity contribution in [2.45, 2.75) is 51.6 Å². The van der Waals surface area contributed by atoms with Gasteiger partial charge >= 0.3 is 0 Å². The first-order chi connectivity index (χ1) is 8.18. The van der Waals surface area contributed by atoms with Gasteiger partial charge in [-0.2, -0.15) is 0 Å². The highest BCUT2D eigenvalue weighted by Gasteiger charge is 2.19. The lowest BCUT2D eigenvalue weighted by Gasteiger charge is -2.22. The second-order valence-electron chi connectivity index (χ2n) is 5.16. The Morgan fingerprint density at radius 2 is 2.18 bits per heavy atom. The van der Waals surface area contributed by atoms with Crippen LogP contribution in [0.2, 0.25) is 5.15 Å². The fourth-order valence-corrected chi connectivity index (χ4v) is 2.75. The molecule has 0 amide bonds. The smallest absolute Gasteiger partial charge is 0.128 e. The van der Waals surface area contributed by atoms with Crippen LogP contribution in [0.15, 0.2) is 6.20 Å². The van der Waals surface area contributed by atoms with E-state index >= 15 is 0 Å². The topological polar surface area (TPSA) is 29.9 Å². The largest absolute Gasteiger partial charge is 0.321 e. The zero-order chi connectivity index (χ0) is 12.3. The highest BCUT2D eigenvalue weighted by molar-refractivity contribution is 6.29. The number of halogens is 1. The average molecular weight is 256 g/mol. The summed E-state index contributed by atoms with van der Waals surface area (Å²) in [6.07, 6.45) is 8.47. The molecule has 2 unspecified atom stereocenters. The van der Waals surface area contributed by atoms with Gasteiger partial charge in [0.15, 0.2) is 0 Å². The zero-order valence-electron chi connectivity index (χ0n) is 10.7. The molecule has 3 nitrogen and oxygen atoms in total. The Morgan fingerprint density at radius 3 is 2.88 bits per heavy atom. The van der Waals surface area contributed by atoms with Gasteiger partial charge in [-0.3, -0.25) is 0 Å². The van der Waals surface area contributed by atoms with E-state index in [0.717, 1.165) is 18.3 Å². The molecule has 0 spiro atoms. The molecular formula is C13H22ClN3. The molecule has 1 aromatic heterocycles. The summed E-state index contributed by atoms with van der Waals surface area (Å²) in [5.74, 6) is 1.79. The minimum absolute atomic E-state index is 0.632. The first-order valence-corrected chi connectivity index (χ1v) is 6.95. The molecule has 0 aliphatic heterocycles. The van der Waals surface area contributed by atoms with Crippen LogP contribution in [0.4, 0.5) is 0 Å². The maximum atomic E-state index is 5.98. The van der Waals surface area contributed by atoms with Gasteiger partial charge in [0.25, 0.3) is 0 Å². The van der Waals surface area contributed by atoms with Crippen molar-refractivity contribution in [3.8, 4) is 0 Å². The van der Waals surface area contributed by atoms with Crippen molar-refractivity contribution in [2.75, 3.05) is 0 Å². The summed E-state index contributed by atoms with van der Waals surface area (Å²) in [5, 5.41) is 4.34. The average Bonchev–Trinajstić information content (AvgIpc) is 2.53. The lowest BCUT2D eigenvalue weighted by Crippen LogP contribution is -2.34. The molecule has 2 atom stereocenters. The second kappa shape index (κ2) is 5.87. The van der Waals surface area contributed by atoms with Crippen molar-refractivity contribution in [3.63, 3.8) is 0 Å². The maximum Gasteiger partial charge on any atom is 0.128 e. The van der Waals surface area contributed by atoms with Gasteiger partial charge in [0.1, 0.15) is 11.0 Å². The first kappa shape index (κ1) is 12.9. The summed E-state index contributed by atoms with van der Waals surface area (Å²) in [6, 6.07) is 0.632. The van der Waals surface area contributed by atoms with Gasteiger partial charge in [-0.1, -0.05) is 37.8 Å². The fourth-order valence-electron chi connectivity index (χ4n) is 2.61. The van der Waals surface area contributed by atoms with E-state index in [9.17, 15) is 0 Å². The molecule has 4 heteroatoms. The molecule has 0 saturated heterocycles. The van der Waals surface area contributed by atoms with Crippen LogP contribution in [0.5, 0.6) is 0 Å². The Balaban J connectivity index is 1.90. The van der Waals surface area contributed by atoms with Crippen LogP contribution in [0, 0.1) is 5.92 Å². The molecular weight excluding hydrogens is 234 g/mol.